The molecular weight excluding hydrogens is 252 g/mol. The van der Waals surface area contributed by atoms with Crippen molar-refractivity contribution < 1.29 is 14.2 Å². The zero-order valence-corrected chi connectivity index (χ0v) is 13.5. The normalized spacial score (nSPS) is 28.7. The molecule has 2 bridgehead atoms. The molecule has 3 atom stereocenters. The summed E-state index contributed by atoms with van der Waals surface area (Å²) in [5.74, 6) is 1.73. The van der Waals surface area contributed by atoms with Gasteiger partial charge < -0.3 is 14.2 Å². The molecule has 0 saturated heterocycles. The molecule has 3 aliphatic carbocycles. The van der Waals surface area contributed by atoms with Gasteiger partial charge in [-0.3, -0.25) is 0 Å². The summed E-state index contributed by atoms with van der Waals surface area (Å²) in [5.41, 5.74) is 2.16. The van der Waals surface area contributed by atoms with Gasteiger partial charge in [-0.1, -0.05) is 25.5 Å². The van der Waals surface area contributed by atoms with Gasteiger partial charge in [-0.25, -0.2) is 0 Å². The van der Waals surface area contributed by atoms with Crippen LogP contribution in [0.5, 0.6) is 0 Å². The Morgan fingerprint density at radius 1 is 1.30 bits per heavy atom. The first-order valence-corrected chi connectivity index (χ1v) is 7.93. The minimum Gasteiger partial charge on any atom is -0.382 e. The third-order valence-electron chi connectivity index (χ3n) is 5.16. The first-order chi connectivity index (χ1) is 9.55. The standard InChI is InChI=1S/C17H30O3/c1-13(20-10-9-18-4)12-19-8-7-14-5-6-15-11-16(14)17(15,2)3/h5,13,15-16H,6-12H2,1-4H3. The number of allylic oxidation sites excluding steroid dienone is 1. The minimum atomic E-state index is 0.148. The number of fused-ring (bicyclic) bond motifs is 1. The number of methoxy groups -OCH3 is 1. The maximum absolute atomic E-state index is 5.76. The van der Waals surface area contributed by atoms with Crippen molar-refractivity contribution in [3.8, 4) is 0 Å². The summed E-state index contributed by atoms with van der Waals surface area (Å²) in [6.45, 7) is 9.68. The summed E-state index contributed by atoms with van der Waals surface area (Å²) < 4.78 is 16.3. The maximum Gasteiger partial charge on any atom is 0.0781 e. The van der Waals surface area contributed by atoms with Crippen molar-refractivity contribution in [2.24, 2.45) is 17.3 Å². The second-order valence-corrected chi connectivity index (χ2v) is 6.82. The van der Waals surface area contributed by atoms with E-state index >= 15 is 0 Å². The number of ether oxygens (including phenoxy) is 3. The van der Waals surface area contributed by atoms with Crippen LogP contribution in [0.1, 0.15) is 40.0 Å². The highest BCUT2D eigenvalue weighted by Gasteiger charge is 2.50. The zero-order valence-electron chi connectivity index (χ0n) is 13.5. The lowest BCUT2D eigenvalue weighted by molar-refractivity contribution is -0.0292. The molecule has 3 nitrogen and oxygen atoms in total. The Balaban J connectivity index is 1.59. The summed E-state index contributed by atoms with van der Waals surface area (Å²) in [7, 11) is 1.69. The molecule has 1 fully saturated rings. The highest BCUT2D eigenvalue weighted by atomic mass is 16.5. The highest BCUT2D eigenvalue weighted by molar-refractivity contribution is 5.23. The zero-order chi connectivity index (χ0) is 14.6. The fourth-order valence-corrected chi connectivity index (χ4v) is 3.58. The van der Waals surface area contributed by atoms with Crippen LogP contribution in [0.3, 0.4) is 0 Å². The molecule has 3 heteroatoms. The molecule has 0 radical (unpaired) electrons. The average Bonchev–Trinajstić information content (AvgIpc) is 2.44. The molecule has 0 aliphatic heterocycles. The van der Waals surface area contributed by atoms with Crippen LogP contribution in [0.15, 0.2) is 11.6 Å². The van der Waals surface area contributed by atoms with E-state index in [1.54, 1.807) is 12.7 Å². The molecule has 0 spiro atoms. The molecule has 0 aromatic carbocycles. The number of hydrogen-bond donors (Lipinski definition) is 0. The second kappa shape index (κ2) is 7.06. The predicted molar refractivity (Wildman–Crippen MR) is 80.8 cm³/mol. The van der Waals surface area contributed by atoms with E-state index in [1.807, 2.05) is 0 Å². The summed E-state index contributed by atoms with van der Waals surface area (Å²) in [6.07, 6.45) is 6.37. The largest absolute Gasteiger partial charge is 0.382 e. The molecule has 0 heterocycles. The van der Waals surface area contributed by atoms with Crippen LogP contribution in [0.2, 0.25) is 0 Å². The molecular formula is C17H30O3. The lowest BCUT2D eigenvalue weighted by atomic mass is 9.48. The Bertz CT molecular complexity index is 335. The summed E-state index contributed by atoms with van der Waals surface area (Å²) in [5, 5.41) is 0. The van der Waals surface area contributed by atoms with Crippen LogP contribution >= 0.6 is 0 Å². The van der Waals surface area contributed by atoms with Gasteiger partial charge in [-0.2, -0.15) is 0 Å². The van der Waals surface area contributed by atoms with Gasteiger partial charge >= 0.3 is 0 Å². The van der Waals surface area contributed by atoms with Gasteiger partial charge in [0, 0.05) is 7.11 Å². The Hall–Kier alpha value is -0.380. The van der Waals surface area contributed by atoms with Crippen molar-refractivity contribution in [2.75, 3.05) is 33.5 Å². The Morgan fingerprint density at radius 2 is 2.10 bits per heavy atom. The van der Waals surface area contributed by atoms with Gasteiger partial charge in [0.15, 0.2) is 0 Å². The molecule has 3 rings (SSSR count). The van der Waals surface area contributed by atoms with E-state index < -0.39 is 0 Å². The monoisotopic (exact) mass is 282 g/mol. The molecule has 0 amide bonds. The van der Waals surface area contributed by atoms with Crippen molar-refractivity contribution in [1.82, 2.24) is 0 Å². The van der Waals surface area contributed by atoms with E-state index in [0.717, 1.165) is 24.9 Å². The van der Waals surface area contributed by atoms with Crippen molar-refractivity contribution in [1.29, 1.82) is 0 Å². The van der Waals surface area contributed by atoms with Crippen molar-refractivity contribution in [2.45, 2.75) is 46.1 Å². The molecule has 116 valence electrons. The minimum absolute atomic E-state index is 0.148. The number of rotatable bonds is 9. The molecule has 3 aliphatic rings. The van der Waals surface area contributed by atoms with Crippen LogP contribution in [0.25, 0.3) is 0 Å². The van der Waals surface area contributed by atoms with E-state index in [0.29, 0.717) is 25.2 Å². The van der Waals surface area contributed by atoms with Gasteiger partial charge in [-0.05, 0) is 43.4 Å². The number of hydrogen-bond acceptors (Lipinski definition) is 3. The van der Waals surface area contributed by atoms with E-state index in [1.165, 1.54) is 12.8 Å². The Morgan fingerprint density at radius 3 is 2.75 bits per heavy atom. The van der Waals surface area contributed by atoms with Crippen LogP contribution in [0, 0.1) is 17.3 Å². The van der Waals surface area contributed by atoms with Crippen molar-refractivity contribution in [3.63, 3.8) is 0 Å². The van der Waals surface area contributed by atoms with Gasteiger partial charge in [0.05, 0.1) is 32.5 Å². The predicted octanol–water partition coefficient (Wildman–Crippen LogP) is 3.44. The van der Waals surface area contributed by atoms with Crippen LogP contribution in [-0.4, -0.2) is 39.6 Å². The molecule has 0 N–H and O–H groups in total. The first-order valence-electron chi connectivity index (χ1n) is 7.93. The quantitative estimate of drug-likeness (QED) is 0.479. The van der Waals surface area contributed by atoms with Gasteiger partial charge in [0.25, 0.3) is 0 Å². The molecule has 20 heavy (non-hydrogen) atoms. The van der Waals surface area contributed by atoms with E-state index in [-0.39, 0.29) is 6.10 Å². The fraction of sp³-hybridized carbons (Fsp3) is 0.882. The lowest BCUT2D eigenvalue weighted by Gasteiger charge is -2.56. The fourth-order valence-electron chi connectivity index (χ4n) is 3.58. The Labute approximate surface area is 123 Å². The maximum atomic E-state index is 5.76. The average molecular weight is 282 g/mol. The van der Waals surface area contributed by atoms with E-state index in [9.17, 15) is 0 Å². The van der Waals surface area contributed by atoms with Gasteiger partial charge in [0.2, 0.25) is 0 Å². The van der Waals surface area contributed by atoms with E-state index in [2.05, 4.69) is 26.8 Å². The SMILES string of the molecule is COCCOC(C)COCCC1=CCC2CC1C2(C)C. The molecule has 1 saturated carbocycles. The molecule has 0 aromatic heterocycles. The third kappa shape index (κ3) is 3.63. The third-order valence-corrected chi connectivity index (χ3v) is 5.16. The topological polar surface area (TPSA) is 27.7 Å². The Kier molecular flexibility index (Phi) is 5.65. The van der Waals surface area contributed by atoms with Crippen molar-refractivity contribution >= 4 is 0 Å². The molecule has 3 unspecified atom stereocenters. The van der Waals surface area contributed by atoms with Crippen molar-refractivity contribution in [3.05, 3.63) is 11.6 Å². The van der Waals surface area contributed by atoms with Crippen LogP contribution in [0.4, 0.5) is 0 Å². The lowest BCUT2D eigenvalue weighted by Crippen LogP contribution is -2.48. The van der Waals surface area contributed by atoms with Gasteiger partial charge in [-0.15, -0.1) is 0 Å². The van der Waals surface area contributed by atoms with Gasteiger partial charge in [0.1, 0.15) is 0 Å². The summed E-state index contributed by atoms with van der Waals surface area (Å²) in [4.78, 5) is 0. The smallest absolute Gasteiger partial charge is 0.0781 e. The van der Waals surface area contributed by atoms with E-state index in [4.69, 9.17) is 14.2 Å². The first kappa shape index (κ1) is 16.0. The van der Waals surface area contributed by atoms with Crippen LogP contribution < -0.4 is 0 Å². The summed E-state index contributed by atoms with van der Waals surface area (Å²) in [6, 6.07) is 0. The second-order valence-electron chi connectivity index (χ2n) is 6.82. The summed E-state index contributed by atoms with van der Waals surface area (Å²) >= 11 is 0. The highest BCUT2D eigenvalue weighted by Crippen LogP contribution is 2.59. The van der Waals surface area contributed by atoms with Crippen LogP contribution in [-0.2, 0) is 14.2 Å². The molecule has 0 aromatic rings.